The molecule has 0 saturated heterocycles. The maximum absolute atomic E-state index is 13.5. The van der Waals surface area contributed by atoms with Crippen molar-refractivity contribution in [3.63, 3.8) is 0 Å². The molecule has 1 aliphatic heterocycles. The van der Waals surface area contributed by atoms with Gasteiger partial charge in [-0.1, -0.05) is 17.7 Å². The van der Waals surface area contributed by atoms with Gasteiger partial charge in [-0.3, -0.25) is 19.4 Å². The number of fused-ring (bicyclic) bond motifs is 1. The Labute approximate surface area is 177 Å². The van der Waals surface area contributed by atoms with Crippen LogP contribution in [0, 0.1) is 5.82 Å². The van der Waals surface area contributed by atoms with Crippen LogP contribution in [0.1, 0.15) is 35.3 Å². The summed E-state index contributed by atoms with van der Waals surface area (Å²) in [5.41, 5.74) is -1.04. The molecule has 164 valence electrons. The van der Waals surface area contributed by atoms with Crippen LogP contribution < -0.4 is 16.0 Å². The first kappa shape index (κ1) is 21.2. The van der Waals surface area contributed by atoms with Crippen LogP contribution in [0.4, 0.5) is 23.2 Å². The highest BCUT2D eigenvalue weighted by Crippen LogP contribution is 2.37. The fraction of sp³-hybridized carbons (Fsp3) is 0.316. The lowest BCUT2D eigenvalue weighted by atomic mass is 9.99. The number of anilines is 1. The van der Waals surface area contributed by atoms with Crippen molar-refractivity contribution >= 4 is 17.3 Å². The molecule has 0 aliphatic carbocycles. The molecule has 0 spiro atoms. The summed E-state index contributed by atoms with van der Waals surface area (Å²) in [4.78, 5) is 26.0. The summed E-state index contributed by atoms with van der Waals surface area (Å²) in [5.74, 6) is -0.995. The summed E-state index contributed by atoms with van der Waals surface area (Å²) < 4.78 is 55.2. The molecule has 4 rings (SSSR count). The largest absolute Gasteiger partial charge is 0.416 e. The van der Waals surface area contributed by atoms with Crippen molar-refractivity contribution in [2.75, 3.05) is 11.4 Å². The fourth-order valence-electron chi connectivity index (χ4n) is 3.87. The number of alkyl halides is 3. The number of aromatic nitrogens is 4. The topological polar surface area (TPSA) is 86.8 Å². The molecule has 0 radical (unpaired) electrons. The first-order chi connectivity index (χ1) is 14.6. The van der Waals surface area contributed by atoms with E-state index in [4.69, 9.17) is 11.6 Å². The molecule has 7 nitrogen and oxygen atoms in total. The van der Waals surface area contributed by atoms with E-state index in [9.17, 15) is 27.2 Å². The number of benzene rings is 1. The maximum atomic E-state index is 13.5. The molecule has 0 amide bonds. The van der Waals surface area contributed by atoms with Gasteiger partial charge in [0.25, 0.3) is 11.1 Å². The lowest BCUT2D eigenvalue weighted by Gasteiger charge is -2.30. The third kappa shape index (κ3) is 3.73. The second kappa shape index (κ2) is 7.56. The van der Waals surface area contributed by atoms with Crippen molar-refractivity contribution in [3.8, 4) is 0 Å². The van der Waals surface area contributed by atoms with Crippen molar-refractivity contribution in [1.29, 1.82) is 0 Å². The van der Waals surface area contributed by atoms with Gasteiger partial charge < -0.3 is 4.90 Å². The molecular weight excluding hydrogens is 442 g/mol. The highest BCUT2D eigenvalue weighted by molar-refractivity contribution is 6.33. The van der Waals surface area contributed by atoms with Crippen LogP contribution in [0.3, 0.4) is 0 Å². The van der Waals surface area contributed by atoms with E-state index < -0.39 is 34.7 Å². The van der Waals surface area contributed by atoms with E-state index >= 15 is 0 Å². The van der Waals surface area contributed by atoms with E-state index in [1.165, 1.54) is 17.8 Å². The zero-order chi connectivity index (χ0) is 22.5. The van der Waals surface area contributed by atoms with Gasteiger partial charge in [-0.05, 0) is 24.6 Å². The van der Waals surface area contributed by atoms with E-state index in [1.807, 2.05) is 0 Å². The minimum absolute atomic E-state index is 0.0659. The van der Waals surface area contributed by atoms with Crippen LogP contribution in [0.5, 0.6) is 0 Å². The van der Waals surface area contributed by atoms with Gasteiger partial charge in [0.1, 0.15) is 10.8 Å². The minimum Gasteiger partial charge on any atom is -0.364 e. The summed E-state index contributed by atoms with van der Waals surface area (Å²) in [7, 11) is 0. The van der Waals surface area contributed by atoms with Crippen LogP contribution >= 0.6 is 11.6 Å². The first-order valence-corrected chi connectivity index (χ1v) is 9.62. The third-order valence-corrected chi connectivity index (χ3v) is 5.74. The molecule has 1 aromatic carbocycles. The summed E-state index contributed by atoms with van der Waals surface area (Å²) in [6.45, 7) is 1.96. The summed E-state index contributed by atoms with van der Waals surface area (Å²) in [5, 5.41) is 8.47. The van der Waals surface area contributed by atoms with E-state index in [1.54, 1.807) is 4.90 Å². The first-order valence-electron chi connectivity index (χ1n) is 9.25. The second-order valence-corrected chi connectivity index (χ2v) is 7.59. The maximum Gasteiger partial charge on any atom is 0.416 e. The summed E-state index contributed by atoms with van der Waals surface area (Å²) in [6.07, 6.45) is -3.07. The molecule has 3 aromatic rings. The normalized spacial score (nSPS) is 15.1. The molecular formula is C19H16ClF4N5O2. The molecule has 0 bridgehead atoms. The van der Waals surface area contributed by atoms with Crippen LogP contribution in [0.25, 0.3) is 0 Å². The molecule has 3 heterocycles. The molecule has 2 N–H and O–H groups in total. The number of nitrogens with zero attached hydrogens (tertiary/aromatic N) is 3. The number of aromatic amines is 2. The van der Waals surface area contributed by atoms with E-state index in [0.29, 0.717) is 36.0 Å². The van der Waals surface area contributed by atoms with Crippen LogP contribution in [-0.4, -0.2) is 26.5 Å². The van der Waals surface area contributed by atoms with Gasteiger partial charge in [0, 0.05) is 18.7 Å². The van der Waals surface area contributed by atoms with Gasteiger partial charge in [-0.2, -0.15) is 18.3 Å². The summed E-state index contributed by atoms with van der Waals surface area (Å²) >= 11 is 6.05. The fourth-order valence-corrected chi connectivity index (χ4v) is 4.08. The number of halogens is 5. The molecule has 2 aromatic heterocycles. The van der Waals surface area contributed by atoms with Crippen molar-refractivity contribution in [3.05, 3.63) is 78.3 Å². The third-order valence-electron chi connectivity index (χ3n) is 5.38. The standard InChI is InChI=1S/C19H16ClF4N5O2/c1-9(11-3-2-10(21)6-13(11)19(22,23)24)29-14-4-5-28(8-12(14)17(30)27-29)15-7-25-26-18(31)16(15)20/h2-3,6-7,9H,4-5,8H2,1H3,(H,26,31)(H,27,30). The van der Waals surface area contributed by atoms with Crippen LogP contribution in [0.2, 0.25) is 5.02 Å². The zero-order valence-electron chi connectivity index (χ0n) is 16.1. The van der Waals surface area contributed by atoms with Crippen molar-refractivity contribution in [2.24, 2.45) is 0 Å². The average Bonchev–Trinajstić information content (AvgIpc) is 3.05. The lowest BCUT2D eigenvalue weighted by molar-refractivity contribution is -0.138. The Morgan fingerprint density at radius 3 is 2.68 bits per heavy atom. The zero-order valence-corrected chi connectivity index (χ0v) is 16.8. The number of nitrogens with one attached hydrogen (secondary N) is 2. The molecule has 0 saturated carbocycles. The van der Waals surface area contributed by atoms with Crippen molar-refractivity contribution < 1.29 is 17.6 Å². The molecule has 1 atom stereocenters. The van der Waals surface area contributed by atoms with Crippen LogP contribution in [0.15, 0.2) is 34.0 Å². The predicted octanol–water partition coefficient (Wildman–Crippen LogP) is 3.24. The summed E-state index contributed by atoms with van der Waals surface area (Å²) in [6, 6.07) is 1.58. The average molecular weight is 458 g/mol. The van der Waals surface area contributed by atoms with Crippen molar-refractivity contribution in [2.45, 2.75) is 32.1 Å². The molecule has 31 heavy (non-hydrogen) atoms. The molecule has 0 fully saturated rings. The highest BCUT2D eigenvalue weighted by Gasteiger charge is 2.36. The van der Waals surface area contributed by atoms with E-state index in [-0.39, 0.29) is 17.1 Å². The van der Waals surface area contributed by atoms with E-state index in [2.05, 4.69) is 15.3 Å². The molecule has 1 aliphatic rings. The van der Waals surface area contributed by atoms with Crippen LogP contribution in [-0.2, 0) is 19.1 Å². The Morgan fingerprint density at radius 2 is 1.97 bits per heavy atom. The van der Waals surface area contributed by atoms with Gasteiger partial charge in [-0.25, -0.2) is 9.49 Å². The second-order valence-electron chi connectivity index (χ2n) is 7.21. The molecule has 1 unspecified atom stereocenters. The van der Waals surface area contributed by atoms with Gasteiger partial charge >= 0.3 is 6.18 Å². The van der Waals surface area contributed by atoms with Gasteiger partial charge in [0.15, 0.2) is 0 Å². The Balaban J connectivity index is 1.73. The van der Waals surface area contributed by atoms with Crippen molar-refractivity contribution in [1.82, 2.24) is 20.0 Å². The number of rotatable bonds is 3. The smallest absolute Gasteiger partial charge is 0.364 e. The Bertz CT molecular complexity index is 1260. The highest BCUT2D eigenvalue weighted by atomic mass is 35.5. The van der Waals surface area contributed by atoms with E-state index in [0.717, 1.165) is 12.1 Å². The van der Waals surface area contributed by atoms with Gasteiger partial charge in [0.2, 0.25) is 0 Å². The Kier molecular flexibility index (Phi) is 5.16. The Morgan fingerprint density at radius 1 is 1.23 bits per heavy atom. The SMILES string of the molecule is CC(c1ccc(F)cc1C(F)(F)F)n1[nH]c(=O)c2c1CCN(c1cn[nH]c(=O)c1Cl)C2. The number of hydrogen-bond acceptors (Lipinski definition) is 4. The number of hydrogen-bond donors (Lipinski definition) is 2. The molecule has 12 heteroatoms. The minimum atomic E-state index is -4.75. The lowest BCUT2D eigenvalue weighted by Crippen LogP contribution is -2.34. The van der Waals surface area contributed by atoms with Gasteiger partial charge in [0.05, 0.1) is 35.6 Å². The quantitative estimate of drug-likeness (QED) is 0.591. The Hall–Kier alpha value is -3.08. The van der Waals surface area contributed by atoms with Gasteiger partial charge in [-0.15, -0.1) is 0 Å². The number of H-pyrrole nitrogens is 2. The monoisotopic (exact) mass is 457 g/mol. The predicted molar refractivity (Wildman–Crippen MR) is 105 cm³/mol.